The third-order valence-electron chi connectivity index (χ3n) is 5.33. The SMILES string of the molecule is CCNC(=NCC(C)Oc1ccccc1C)NCCCC(=O)N1Cc2ccccc2C1. The topological polar surface area (TPSA) is 66.0 Å². The smallest absolute Gasteiger partial charge is 0.223 e. The molecule has 166 valence electrons. The molecule has 1 aliphatic rings. The number of hydrogen-bond donors (Lipinski definition) is 2. The summed E-state index contributed by atoms with van der Waals surface area (Å²) in [6.07, 6.45) is 1.27. The van der Waals surface area contributed by atoms with Gasteiger partial charge in [-0.3, -0.25) is 4.79 Å². The molecule has 31 heavy (non-hydrogen) atoms. The number of para-hydroxylation sites is 1. The van der Waals surface area contributed by atoms with Crippen molar-refractivity contribution in [3.8, 4) is 5.75 Å². The van der Waals surface area contributed by atoms with Crippen molar-refractivity contribution in [2.24, 2.45) is 4.99 Å². The molecule has 0 saturated heterocycles. The molecule has 1 aliphatic heterocycles. The Hall–Kier alpha value is -3.02. The summed E-state index contributed by atoms with van der Waals surface area (Å²) in [5.41, 5.74) is 3.64. The lowest BCUT2D eigenvalue weighted by Crippen LogP contribution is -2.39. The van der Waals surface area contributed by atoms with Crippen LogP contribution in [-0.4, -0.2) is 42.5 Å². The fourth-order valence-electron chi connectivity index (χ4n) is 3.62. The van der Waals surface area contributed by atoms with E-state index in [0.717, 1.165) is 43.3 Å². The largest absolute Gasteiger partial charge is 0.489 e. The van der Waals surface area contributed by atoms with Crippen LogP contribution in [-0.2, 0) is 17.9 Å². The summed E-state index contributed by atoms with van der Waals surface area (Å²) in [6, 6.07) is 16.3. The molecule has 0 bridgehead atoms. The average molecular weight is 423 g/mol. The fourth-order valence-corrected chi connectivity index (χ4v) is 3.62. The molecule has 1 heterocycles. The predicted octanol–water partition coefficient (Wildman–Crippen LogP) is 3.64. The molecule has 2 aromatic carbocycles. The van der Waals surface area contributed by atoms with Gasteiger partial charge in [0.25, 0.3) is 0 Å². The van der Waals surface area contributed by atoms with E-state index in [9.17, 15) is 4.79 Å². The Morgan fingerprint density at radius 2 is 1.77 bits per heavy atom. The van der Waals surface area contributed by atoms with E-state index in [0.29, 0.717) is 19.5 Å². The van der Waals surface area contributed by atoms with Gasteiger partial charge in [-0.05, 0) is 49.9 Å². The number of carbonyl (C=O) groups is 1. The molecule has 0 fully saturated rings. The first-order valence-electron chi connectivity index (χ1n) is 11.2. The normalized spacial score (nSPS) is 14.2. The number of guanidine groups is 1. The maximum Gasteiger partial charge on any atom is 0.223 e. The molecule has 0 radical (unpaired) electrons. The van der Waals surface area contributed by atoms with E-state index in [1.807, 2.05) is 62.1 Å². The lowest BCUT2D eigenvalue weighted by atomic mass is 10.1. The van der Waals surface area contributed by atoms with Gasteiger partial charge in [0.2, 0.25) is 5.91 Å². The minimum atomic E-state index is -0.0325. The van der Waals surface area contributed by atoms with Crippen LogP contribution in [0.2, 0.25) is 0 Å². The van der Waals surface area contributed by atoms with Gasteiger partial charge in [-0.1, -0.05) is 42.5 Å². The van der Waals surface area contributed by atoms with Gasteiger partial charge < -0.3 is 20.3 Å². The average Bonchev–Trinajstić information content (AvgIpc) is 3.21. The molecule has 0 saturated carbocycles. The zero-order chi connectivity index (χ0) is 22.1. The molecule has 6 heteroatoms. The van der Waals surface area contributed by atoms with Crippen molar-refractivity contribution in [1.29, 1.82) is 0 Å². The van der Waals surface area contributed by atoms with Gasteiger partial charge in [0.05, 0.1) is 6.54 Å². The number of rotatable bonds is 9. The summed E-state index contributed by atoms with van der Waals surface area (Å²) in [4.78, 5) is 19.1. The van der Waals surface area contributed by atoms with Gasteiger partial charge in [-0.25, -0.2) is 4.99 Å². The number of benzene rings is 2. The number of fused-ring (bicyclic) bond motifs is 1. The lowest BCUT2D eigenvalue weighted by molar-refractivity contribution is -0.131. The molecule has 1 unspecified atom stereocenters. The number of nitrogens with one attached hydrogen (secondary N) is 2. The van der Waals surface area contributed by atoms with Crippen LogP contribution in [0, 0.1) is 6.92 Å². The van der Waals surface area contributed by atoms with Crippen LogP contribution < -0.4 is 15.4 Å². The second kappa shape index (κ2) is 11.4. The lowest BCUT2D eigenvalue weighted by Gasteiger charge is -2.17. The zero-order valence-corrected chi connectivity index (χ0v) is 18.9. The van der Waals surface area contributed by atoms with Crippen LogP contribution in [0.25, 0.3) is 0 Å². The van der Waals surface area contributed by atoms with E-state index >= 15 is 0 Å². The van der Waals surface area contributed by atoms with Crippen LogP contribution in [0.3, 0.4) is 0 Å². The minimum Gasteiger partial charge on any atom is -0.489 e. The number of aliphatic imine (C=N–C) groups is 1. The molecule has 3 rings (SSSR count). The fraction of sp³-hybridized carbons (Fsp3) is 0.440. The molecule has 0 aliphatic carbocycles. The van der Waals surface area contributed by atoms with E-state index in [1.54, 1.807) is 0 Å². The van der Waals surface area contributed by atoms with Crippen molar-refractivity contribution in [3.63, 3.8) is 0 Å². The van der Waals surface area contributed by atoms with Gasteiger partial charge in [0.15, 0.2) is 5.96 Å². The first-order valence-corrected chi connectivity index (χ1v) is 11.2. The Morgan fingerprint density at radius 1 is 1.10 bits per heavy atom. The first kappa shape index (κ1) is 22.7. The van der Waals surface area contributed by atoms with Crippen molar-refractivity contribution in [2.75, 3.05) is 19.6 Å². The summed E-state index contributed by atoms with van der Waals surface area (Å²) in [6.45, 7) is 9.59. The number of carbonyl (C=O) groups excluding carboxylic acids is 1. The van der Waals surface area contributed by atoms with Gasteiger partial charge in [0, 0.05) is 32.6 Å². The summed E-state index contributed by atoms with van der Waals surface area (Å²) < 4.78 is 6.00. The van der Waals surface area contributed by atoms with Crippen LogP contribution in [0.4, 0.5) is 0 Å². The van der Waals surface area contributed by atoms with Gasteiger partial charge in [-0.15, -0.1) is 0 Å². The van der Waals surface area contributed by atoms with Crippen molar-refractivity contribution in [3.05, 3.63) is 65.2 Å². The predicted molar refractivity (Wildman–Crippen MR) is 125 cm³/mol. The van der Waals surface area contributed by atoms with Crippen molar-refractivity contribution in [2.45, 2.75) is 52.8 Å². The molecular weight excluding hydrogens is 388 g/mol. The number of hydrogen-bond acceptors (Lipinski definition) is 3. The van der Waals surface area contributed by atoms with Crippen molar-refractivity contribution >= 4 is 11.9 Å². The molecular formula is C25H34N4O2. The maximum absolute atomic E-state index is 12.5. The molecule has 1 atom stereocenters. The second-order valence-corrected chi connectivity index (χ2v) is 7.96. The number of amides is 1. The number of aryl methyl sites for hydroxylation is 1. The molecule has 6 nitrogen and oxygen atoms in total. The molecule has 1 amide bonds. The Labute approximate surface area is 185 Å². The van der Waals surface area contributed by atoms with Crippen LogP contribution in [0.5, 0.6) is 5.75 Å². The van der Waals surface area contributed by atoms with Crippen molar-refractivity contribution < 1.29 is 9.53 Å². The van der Waals surface area contributed by atoms with E-state index in [1.165, 1.54) is 11.1 Å². The van der Waals surface area contributed by atoms with Gasteiger partial charge in [-0.2, -0.15) is 0 Å². The van der Waals surface area contributed by atoms with E-state index in [2.05, 4.69) is 27.8 Å². The summed E-state index contributed by atoms with van der Waals surface area (Å²) in [5.74, 6) is 1.86. The number of nitrogens with zero attached hydrogens (tertiary/aromatic N) is 2. The third kappa shape index (κ3) is 6.74. The maximum atomic E-state index is 12.5. The van der Waals surface area contributed by atoms with Crippen LogP contribution >= 0.6 is 0 Å². The molecule has 0 spiro atoms. The highest BCUT2D eigenvalue weighted by atomic mass is 16.5. The van der Waals surface area contributed by atoms with Crippen LogP contribution in [0.15, 0.2) is 53.5 Å². The van der Waals surface area contributed by atoms with E-state index in [4.69, 9.17) is 4.74 Å². The standard InChI is InChI=1S/C25H34N4O2/c1-4-26-25(28-16-20(3)31-23-13-8-5-10-19(23)2)27-15-9-14-24(30)29-17-21-11-6-7-12-22(21)18-29/h5-8,10-13,20H,4,9,14-18H2,1-3H3,(H2,26,27,28). The molecule has 0 aromatic heterocycles. The monoisotopic (exact) mass is 422 g/mol. The summed E-state index contributed by atoms with van der Waals surface area (Å²) >= 11 is 0. The Bertz CT molecular complexity index is 872. The third-order valence-corrected chi connectivity index (χ3v) is 5.33. The molecule has 2 aromatic rings. The van der Waals surface area contributed by atoms with Crippen LogP contribution in [0.1, 0.15) is 43.4 Å². The van der Waals surface area contributed by atoms with E-state index < -0.39 is 0 Å². The summed E-state index contributed by atoms with van der Waals surface area (Å²) in [5, 5.41) is 6.58. The van der Waals surface area contributed by atoms with E-state index in [-0.39, 0.29) is 12.0 Å². The highest BCUT2D eigenvalue weighted by Crippen LogP contribution is 2.23. The highest BCUT2D eigenvalue weighted by molar-refractivity contribution is 5.80. The Kier molecular flexibility index (Phi) is 8.33. The van der Waals surface area contributed by atoms with Gasteiger partial charge >= 0.3 is 0 Å². The van der Waals surface area contributed by atoms with Gasteiger partial charge in [0.1, 0.15) is 11.9 Å². The molecule has 2 N–H and O–H groups in total. The quantitative estimate of drug-likeness (QED) is 0.368. The first-order chi connectivity index (χ1) is 15.1. The van der Waals surface area contributed by atoms with Crippen molar-refractivity contribution in [1.82, 2.24) is 15.5 Å². The number of ether oxygens (including phenoxy) is 1. The summed E-state index contributed by atoms with van der Waals surface area (Å²) in [7, 11) is 0. The highest BCUT2D eigenvalue weighted by Gasteiger charge is 2.22. The minimum absolute atomic E-state index is 0.0325. The second-order valence-electron chi connectivity index (χ2n) is 7.96. The Morgan fingerprint density at radius 3 is 2.45 bits per heavy atom. The zero-order valence-electron chi connectivity index (χ0n) is 18.9. The Balaban J connectivity index is 1.40.